The Balaban J connectivity index is 1.73. The zero-order valence-electron chi connectivity index (χ0n) is 10.2. The van der Waals surface area contributed by atoms with Crippen LogP contribution < -0.4 is 5.32 Å². The first-order valence-electron chi connectivity index (χ1n) is 6.13. The van der Waals surface area contributed by atoms with Gasteiger partial charge in [-0.2, -0.15) is 0 Å². The number of carbonyl (C=O) groups excluding carboxylic acids is 2. The summed E-state index contributed by atoms with van der Waals surface area (Å²) in [6, 6.07) is -0.299. The fraction of sp³-hybridized carbons (Fsp3) is 0.583. The van der Waals surface area contributed by atoms with Crippen molar-refractivity contribution in [2.45, 2.75) is 32.4 Å². The second kappa shape index (κ2) is 4.35. The molecule has 0 bridgehead atoms. The lowest BCUT2D eigenvalue weighted by Crippen LogP contribution is -2.58. The number of aromatic nitrogens is 1. The number of carbonyl (C=O) groups is 2. The quantitative estimate of drug-likeness (QED) is 0.874. The highest BCUT2D eigenvalue weighted by molar-refractivity contribution is 7.11. The van der Waals surface area contributed by atoms with E-state index in [1.807, 2.05) is 6.92 Å². The summed E-state index contributed by atoms with van der Waals surface area (Å²) >= 11 is 1.57. The topological polar surface area (TPSA) is 62.3 Å². The Morgan fingerprint density at radius 3 is 2.89 bits per heavy atom. The second-order valence-electron chi connectivity index (χ2n) is 4.94. The van der Waals surface area contributed by atoms with Crippen molar-refractivity contribution in [3.05, 3.63) is 16.1 Å². The zero-order valence-corrected chi connectivity index (χ0v) is 11.0. The molecule has 3 rings (SSSR count). The summed E-state index contributed by atoms with van der Waals surface area (Å²) in [6.07, 6.45) is 3.88. The van der Waals surface area contributed by atoms with Crippen LogP contribution >= 0.6 is 11.3 Å². The number of thiazole rings is 1. The molecule has 1 aromatic rings. The zero-order chi connectivity index (χ0) is 12.7. The molecular weight excluding hydrogens is 250 g/mol. The van der Waals surface area contributed by atoms with Crippen molar-refractivity contribution in [3.8, 4) is 0 Å². The summed E-state index contributed by atoms with van der Waals surface area (Å²) in [5.41, 5.74) is 0. The summed E-state index contributed by atoms with van der Waals surface area (Å²) < 4.78 is 0. The molecule has 5 nitrogen and oxygen atoms in total. The van der Waals surface area contributed by atoms with Crippen molar-refractivity contribution in [2.75, 3.05) is 6.54 Å². The minimum absolute atomic E-state index is 0.0463. The van der Waals surface area contributed by atoms with Gasteiger partial charge in [-0.1, -0.05) is 0 Å². The third-order valence-corrected chi connectivity index (χ3v) is 4.21. The Morgan fingerprint density at radius 1 is 1.50 bits per heavy atom. The van der Waals surface area contributed by atoms with Gasteiger partial charge in [-0.15, -0.1) is 11.3 Å². The molecule has 1 aliphatic carbocycles. The van der Waals surface area contributed by atoms with Crippen LogP contribution in [-0.4, -0.2) is 34.3 Å². The smallest absolute Gasteiger partial charge is 0.246 e. The molecule has 1 saturated carbocycles. The fourth-order valence-electron chi connectivity index (χ4n) is 2.25. The number of amides is 2. The highest BCUT2D eigenvalue weighted by Crippen LogP contribution is 2.34. The van der Waals surface area contributed by atoms with E-state index < -0.39 is 0 Å². The third-order valence-electron chi connectivity index (χ3n) is 3.32. The highest BCUT2D eigenvalue weighted by Gasteiger charge is 2.42. The Labute approximate surface area is 109 Å². The summed E-state index contributed by atoms with van der Waals surface area (Å²) in [7, 11) is 0. The van der Waals surface area contributed by atoms with E-state index in [0.29, 0.717) is 12.5 Å². The molecule has 96 valence electrons. The Morgan fingerprint density at radius 2 is 2.28 bits per heavy atom. The second-order valence-corrected chi connectivity index (χ2v) is 6.26. The third kappa shape index (κ3) is 2.25. The lowest BCUT2D eigenvalue weighted by molar-refractivity contribution is -0.145. The first-order valence-corrected chi connectivity index (χ1v) is 6.94. The molecule has 1 aliphatic heterocycles. The Hall–Kier alpha value is -1.43. The largest absolute Gasteiger partial charge is 0.342 e. The molecule has 2 aliphatic rings. The van der Waals surface area contributed by atoms with Gasteiger partial charge in [0.1, 0.15) is 17.6 Å². The number of nitrogens with one attached hydrogen (secondary N) is 1. The van der Waals surface area contributed by atoms with E-state index >= 15 is 0 Å². The van der Waals surface area contributed by atoms with Gasteiger partial charge in [0.2, 0.25) is 11.8 Å². The van der Waals surface area contributed by atoms with Crippen molar-refractivity contribution >= 4 is 23.2 Å². The van der Waals surface area contributed by atoms with Crippen LogP contribution in [0.2, 0.25) is 0 Å². The monoisotopic (exact) mass is 265 g/mol. The standard InChI is InChI=1S/C12H15N3O2S/c1-7-4-13-10(18-7)6-15-5-9(16)14-11(12(15)17)8-2-3-8/h4,8,11H,2-3,5-6H2,1H3,(H,14,16). The Bertz CT molecular complexity index is 495. The maximum absolute atomic E-state index is 12.3. The average molecular weight is 265 g/mol. The van der Waals surface area contributed by atoms with Gasteiger partial charge < -0.3 is 10.2 Å². The first kappa shape index (κ1) is 11.6. The maximum atomic E-state index is 12.3. The lowest BCUT2D eigenvalue weighted by Gasteiger charge is -2.32. The molecule has 18 heavy (non-hydrogen) atoms. The molecule has 0 spiro atoms. The number of rotatable bonds is 3. The number of hydrogen-bond acceptors (Lipinski definition) is 4. The predicted molar refractivity (Wildman–Crippen MR) is 66.9 cm³/mol. The van der Waals surface area contributed by atoms with Gasteiger partial charge in [0.05, 0.1) is 6.54 Å². The molecule has 6 heteroatoms. The van der Waals surface area contributed by atoms with E-state index in [9.17, 15) is 9.59 Å². The van der Waals surface area contributed by atoms with E-state index in [0.717, 1.165) is 22.7 Å². The molecular formula is C12H15N3O2S. The molecule has 2 amide bonds. The Kier molecular flexibility index (Phi) is 2.81. The summed E-state index contributed by atoms with van der Waals surface area (Å²) in [4.78, 5) is 30.9. The minimum atomic E-state index is -0.299. The van der Waals surface area contributed by atoms with E-state index in [1.54, 1.807) is 22.4 Å². The summed E-state index contributed by atoms with van der Waals surface area (Å²) in [6.45, 7) is 2.59. The number of nitrogens with zero attached hydrogens (tertiary/aromatic N) is 2. The minimum Gasteiger partial charge on any atom is -0.342 e. The maximum Gasteiger partial charge on any atom is 0.246 e. The molecule has 0 aromatic carbocycles. The average Bonchev–Trinajstić information content (AvgIpc) is 3.08. The van der Waals surface area contributed by atoms with Crippen molar-refractivity contribution in [2.24, 2.45) is 5.92 Å². The van der Waals surface area contributed by atoms with Crippen molar-refractivity contribution < 1.29 is 9.59 Å². The molecule has 0 radical (unpaired) electrons. The van der Waals surface area contributed by atoms with E-state index in [2.05, 4.69) is 10.3 Å². The van der Waals surface area contributed by atoms with Crippen molar-refractivity contribution in [1.82, 2.24) is 15.2 Å². The van der Waals surface area contributed by atoms with Gasteiger partial charge >= 0.3 is 0 Å². The van der Waals surface area contributed by atoms with Gasteiger partial charge in [0.15, 0.2) is 0 Å². The van der Waals surface area contributed by atoms with Gasteiger partial charge in [-0.25, -0.2) is 4.98 Å². The first-order chi connectivity index (χ1) is 8.63. The number of hydrogen-bond donors (Lipinski definition) is 1. The molecule has 1 saturated heterocycles. The van der Waals surface area contributed by atoms with Crippen LogP contribution in [0.4, 0.5) is 0 Å². The molecule has 1 atom stereocenters. The van der Waals surface area contributed by atoms with E-state index in [-0.39, 0.29) is 24.4 Å². The van der Waals surface area contributed by atoms with Crippen LogP contribution in [0.25, 0.3) is 0 Å². The number of piperazine rings is 1. The van der Waals surface area contributed by atoms with Crippen LogP contribution in [0.5, 0.6) is 0 Å². The van der Waals surface area contributed by atoms with Crippen LogP contribution in [0.1, 0.15) is 22.7 Å². The van der Waals surface area contributed by atoms with E-state index in [4.69, 9.17) is 0 Å². The van der Waals surface area contributed by atoms with E-state index in [1.165, 1.54) is 0 Å². The molecule has 2 heterocycles. The van der Waals surface area contributed by atoms with Crippen LogP contribution in [0.3, 0.4) is 0 Å². The van der Waals surface area contributed by atoms with Crippen LogP contribution in [0.15, 0.2) is 6.20 Å². The summed E-state index contributed by atoms with van der Waals surface area (Å²) in [5, 5.41) is 3.70. The molecule has 1 aromatic heterocycles. The normalized spacial score (nSPS) is 24.3. The summed E-state index contributed by atoms with van der Waals surface area (Å²) in [5.74, 6) is 0.340. The van der Waals surface area contributed by atoms with Crippen LogP contribution in [0, 0.1) is 12.8 Å². The highest BCUT2D eigenvalue weighted by atomic mass is 32.1. The van der Waals surface area contributed by atoms with Crippen molar-refractivity contribution in [1.29, 1.82) is 0 Å². The van der Waals surface area contributed by atoms with Gasteiger partial charge in [-0.3, -0.25) is 9.59 Å². The van der Waals surface area contributed by atoms with Gasteiger partial charge in [-0.05, 0) is 25.7 Å². The van der Waals surface area contributed by atoms with Gasteiger partial charge in [0.25, 0.3) is 0 Å². The molecule has 1 unspecified atom stereocenters. The van der Waals surface area contributed by atoms with Crippen molar-refractivity contribution in [3.63, 3.8) is 0 Å². The lowest BCUT2D eigenvalue weighted by atomic mass is 10.1. The predicted octanol–water partition coefficient (Wildman–Crippen LogP) is 0.689. The van der Waals surface area contributed by atoms with Gasteiger partial charge in [0, 0.05) is 11.1 Å². The molecule has 2 fully saturated rings. The van der Waals surface area contributed by atoms with Crippen LogP contribution in [-0.2, 0) is 16.1 Å². The SMILES string of the molecule is Cc1cnc(CN2CC(=O)NC(C3CC3)C2=O)s1. The fourth-order valence-corrected chi connectivity index (χ4v) is 3.05. The number of aryl methyl sites for hydroxylation is 1. The molecule has 1 N–H and O–H groups in total.